The maximum absolute atomic E-state index is 8.31. The van der Waals surface area contributed by atoms with Crippen LogP contribution in [0.15, 0.2) is 225 Å². The first-order chi connectivity index (χ1) is 44.6. The van der Waals surface area contributed by atoms with Crippen molar-refractivity contribution in [1.29, 1.82) is 0 Å². The van der Waals surface area contributed by atoms with Gasteiger partial charge in [-0.25, -0.2) is 0 Å². The topological polar surface area (TPSA) is 26.4 Å². The van der Waals surface area contributed by atoms with Crippen LogP contribution < -0.4 is 13.7 Å². The Morgan fingerprint density at radius 2 is 0.816 bits per heavy atom. The first-order valence-electron chi connectivity index (χ1n) is 32.8. The van der Waals surface area contributed by atoms with Gasteiger partial charge in [0.2, 0.25) is 17.1 Å². The fourth-order valence-corrected chi connectivity index (χ4v) is 14.1. The van der Waals surface area contributed by atoms with Crippen LogP contribution >= 0.6 is 0 Å². The van der Waals surface area contributed by atoms with Crippen molar-refractivity contribution in [2.24, 2.45) is 42.3 Å². The van der Waals surface area contributed by atoms with E-state index in [9.17, 15) is 0 Å². The van der Waals surface area contributed by atoms with Gasteiger partial charge < -0.3 is 13.7 Å². The Labute approximate surface area is 517 Å². The van der Waals surface area contributed by atoms with E-state index in [1.807, 2.05) is 62.0 Å². The molecular weight excluding hydrogens is 1060 g/mol. The van der Waals surface area contributed by atoms with Gasteiger partial charge in [-0.2, -0.15) is 13.7 Å². The van der Waals surface area contributed by atoms with Crippen molar-refractivity contribution in [1.82, 2.24) is 13.7 Å². The molecule has 0 aliphatic heterocycles. The first kappa shape index (κ1) is 48.1. The lowest BCUT2D eigenvalue weighted by molar-refractivity contribution is -0.659. The van der Waals surface area contributed by atoms with Crippen LogP contribution in [0.5, 0.6) is 0 Å². The molecule has 0 amide bonds. The minimum Gasteiger partial charge on any atom is -0.338 e. The second-order valence-corrected chi connectivity index (χ2v) is 23.8. The minimum absolute atomic E-state index is 0.287. The van der Waals surface area contributed by atoms with Gasteiger partial charge in [-0.15, -0.1) is 0 Å². The summed E-state index contributed by atoms with van der Waals surface area (Å²) in [5, 5.41) is 14.2. The number of benzene rings is 10. The molecule has 0 N–H and O–H groups in total. The van der Waals surface area contributed by atoms with E-state index >= 15 is 0 Å². The Morgan fingerprint density at radius 3 is 1.41 bits per heavy atom. The van der Waals surface area contributed by atoms with Gasteiger partial charge in [-0.3, -0.25) is 0 Å². The zero-order valence-corrected chi connectivity index (χ0v) is 51.0. The number of hydrogen-bond acceptors (Lipinski definition) is 0. The number of aromatic nitrogens is 6. The van der Waals surface area contributed by atoms with Crippen molar-refractivity contribution in [3.63, 3.8) is 0 Å². The lowest BCUT2D eigenvalue weighted by Gasteiger charge is -2.10. The molecule has 0 bridgehead atoms. The van der Waals surface area contributed by atoms with Crippen molar-refractivity contribution in [2.75, 3.05) is 0 Å². The quantitative estimate of drug-likeness (QED) is 0.157. The number of hydrogen-bond donors (Lipinski definition) is 0. The smallest absolute Gasteiger partial charge is 0.237 e. The highest BCUT2D eigenvalue weighted by Crippen LogP contribution is 2.43. The summed E-state index contributed by atoms with van der Waals surface area (Å²) >= 11 is 0. The normalized spacial score (nSPS) is 13.0. The van der Waals surface area contributed by atoms with Gasteiger partial charge in [0.15, 0.2) is 18.6 Å². The van der Waals surface area contributed by atoms with Crippen LogP contribution in [0.4, 0.5) is 0 Å². The summed E-state index contributed by atoms with van der Waals surface area (Å²) in [4.78, 5) is 0. The third-order valence-corrected chi connectivity index (χ3v) is 18.3. The van der Waals surface area contributed by atoms with E-state index in [1.165, 1.54) is 115 Å². The molecule has 0 aliphatic carbocycles. The summed E-state index contributed by atoms with van der Waals surface area (Å²) in [5.41, 5.74) is 21.5. The predicted octanol–water partition coefficient (Wildman–Crippen LogP) is 18.4. The molecule has 0 spiro atoms. The van der Waals surface area contributed by atoms with Crippen LogP contribution in [0, 0.1) is 41.4 Å². The van der Waals surface area contributed by atoms with E-state index in [-0.39, 0.29) is 5.56 Å². The van der Waals surface area contributed by atoms with Crippen LogP contribution in [0.1, 0.15) is 41.6 Å². The van der Waals surface area contributed by atoms with Crippen molar-refractivity contribution in [3.8, 4) is 44.9 Å². The van der Waals surface area contributed by atoms with Crippen LogP contribution in [0.25, 0.3) is 143 Å². The number of pyridine rings is 3. The fraction of sp³-hybridized carbons (Fsp3) is 0.148. The molecule has 87 heavy (non-hydrogen) atoms. The molecular formula is C81H73N6+3. The largest absolute Gasteiger partial charge is 0.338 e. The Morgan fingerprint density at radius 1 is 0.322 bits per heavy atom. The molecule has 16 aromatic rings. The van der Waals surface area contributed by atoms with Gasteiger partial charge in [0.25, 0.3) is 0 Å². The minimum atomic E-state index is -2.31. The van der Waals surface area contributed by atoms with Gasteiger partial charge in [0, 0.05) is 95.9 Å². The second-order valence-electron chi connectivity index (χ2n) is 23.8. The predicted molar refractivity (Wildman–Crippen MR) is 367 cm³/mol. The number of aryl methyl sites for hydroxylation is 12. The monoisotopic (exact) mass is 1140 g/mol. The molecule has 6 heterocycles. The van der Waals surface area contributed by atoms with E-state index in [2.05, 4.69) is 242 Å². The molecule has 0 fully saturated rings. The summed E-state index contributed by atoms with van der Waals surface area (Å²) < 4.78 is 61.3. The standard InChI is InChI=1S/C30H25N2.C26H25N2.C25H23N2/c1-20-9-7-8-12-24(20)29-30-26(17-18-31(29)2)28-25-15-13-22(21-10-5-4-6-11-21)19-23(25)14-16-27(28)32(30)3;1-16-10-12-20(17(2)14-16)25-26-23(18(3)15-27(25)4)24-21-9-7-6-8-19(21)11-13-22(24)28(26)5;1-16-9-11-20-18(15-16)10-12-22-23(20)21-13-14-26(3)24(25(21)27(22)4)19-8-6-5-7-17(19)2/h4-19H,1-3H3;6-15H,1-5H3;5-15H,1-4H3/q3*+1/i;1D3,3D3;. The molecule has 0 saturated carbocycles. The van der Waals surface area contributed by atoms with E-state index < -0.39 is 13.7 Å². The molecule has 0 unspecified atom stereocenters. The Hall–Kier alpha value is -10.2. The highest BCUT2D eigenvalue weighted by molar-refractivity contribution is 6.25. The number of nitrogens with zero attached hydrogens (tertiary/aromatic N) is 6. The van der Waals surface area contributed by atoms with Crippen molar-refractivity contribution in [3.05, 3.63) is 258 Å². The number of rotatable bonds is 4. The third kappa shape index (κ3) is 8.96. The SMILES string of the molecule is Cc1ccc2c(ccc3c2c2cc[n+](C)c(-c4ccccc4C)c2n3C)c1.Cc1ccccc1-c1c2c(cc[n+]1C)c1c3ccc(-c4ccccc4)cc3ccc1n2C.[2H]C([2H])([2H])c1ccc(-c2c3c(c(C([2H])([2H])[2H])c[n+]2C)c2c4ccccc4ccc2n3C)c(C)c1. The maximum Gasteiger partial charge on any atom is 0.237 e. The molecule has 16 rings (SSSR count). The van der Waals surface area contributed by atoms with Gasteiger partial charge in [-0.05, 0) is 144 Å². The van der Waals surface area contributed by atoms with Gasteiger partial charge in [0.05, 0.1) is 16.7 Å². The third-order valence-electron chi connectivity index (χ3n) is 18.3. The molecule has 0 atom stereocenters. The molecule has 10 aromatic carbocycles. The summed E-state index contributed by atoms with van der Waals surface area (Å²) in [6.07, 6.45) is 6.08. The van der Waals surface area contributed by atoms with E-state index in [0.717, 1.165) is 44.0 Å². The van der Waals surface area contributed by atoms with Gasteiger partial charge in [0.1, 0.15) is 37.7 Å². The summed E-state index contributed by atoms with van der Waals surface area (Å²) in [6, 6.07) is 72.4. The van der Waals surface area contributed by atoms with E-state index in [0.29, 0.717) is 10.9 Å². The molecule has 0 saturated heterocycles. The molecule has 0 radical (unpaired) electrons. The number of fused-ring (bicyclic) bond motifs is 15. The zero-order chi connectivity index (χ0) is 65.1. The van der Waals surface area contributed by atoms with E-state index in [1.54, 1.807) is 18.3 Å². The first-order valence-corrected chi connectivity index (χ1v) is 29.8. The highest BCUT2D eigenvalue weighted by atomic mass is 15.0. The van der Waals surface area contributed by atoms with Gasteiger partial charge >= 0.3 is 0 Å². The molecule has 0 aliphatic rings. The van der Waals surface area contributed by atoms with Crippen LogP contribution in [0.3, 0.4) is 0 Å². The Balaban J connectivity index is 0.000000122. The Bertz CT molecular complexity index is 5730. The maximum atomic E-state index is 8.31. The average Bonchev–Trinajstić information content (AvgIpc) is 1.57. The van der Waals surface area contributed by atoms with Gasteiger partial charge in [-0.1, -0.05) is 163 Å². The van der Waals surface area contributed by atoms with Crippen molar-refractivity contribution >= 4 is 97.7 Å². The second kappa shape index (κ2) is 21.4. The molecule has 6 aromatic heterocycles. The highest BCUT2D eigenvalue weighted by Gasteiger charge is 2.27. The van der Waals surface area contributed by atoms with Crippen molar-refractivity contribution in [2.45, 2.75) is 41.4 Å². The molecule has 424 valence electrons. The molecule has 6 nitrogen and oxygen atoms in total. The van der Waals surface area contributed by atoms with Crippen molar-refractivity contribution < 1.29 is 21.9 Å². The van der Waals surface area contributed by atoms with Crippen LogP contribution in [0.2, 0.25) is 0 Å². The summed E-state index contributed by atoms with van der Waals surface area (Å²) in [7, 11) is 12.5. The summed E-state index contributed by atoms with van der Waals surface area (Å²) in [5.74, 6) is 0. The lowest BCUT2D eigenvalue weighted by Crippen LogP contribution is -2.32. The lowest BCUT2D eigenvalue weighted by atomic mass is 9.98. The Kier molecular flexibility index (Phi) is 11.8. The van der Waals surface area contributed by atoms with Crippen LogP contribution in [-0.2, 0) is 42.3 Å². The molecule has 6 heteroatoms. The summed E-state index contributed by atoms with van der Waals surface area (Å²) in [6.45, 7) is 3.94. The zero-order valence-electron chi connectivity index (χ0n) is 57.0. The fourth-order valence-electron chi connectivity index (χ4n) is 14.1. The van der Waals surface area contributed by atoms with E-state index in [4.69, 9.17) is 8.22 Å². The van der Waals surface area contributed by atoms with Crippen LogP contribution in [-0.4, -0.2) is 13.7 Å². The average molecular weight is 1140 g/mol.